The van der Waals surface area contributed by atoms with E-state index in [-0.39, 0.29) is 16.7 Å². The van der Waals surface area contributed by atoms with E-state index in [1.807, 2.05) is 0 Å². The highest BCUT2D eigenvalue weighted by molar-refractivity contribution is 7.89. The zero-order chi connectivity index (χ0) is 13.3. The van der Waals surface area contributed by atoms with Gasteiger partial charge in [0.15, 0.2) is 10.2 Å². The molecule has 0 spiro atoms. The van der Waals surface area contributed by atoms with Crippen molar-refractivity contribution in [3.8, 4) is 0 Å². The van der Waals surface area contributed by atoms with Gasteiger partial charge in [0.1, 0.15) is 5.65 Å². The molecule has 0 aromatic carbocycles. The van der Waals surface area contributed by atoms with Crippen LogP contribution in [-0.2, 0) is 10.0 Å². The molecule has 2 aromatic heterocycles. The summed E-state index contributed by atoms with van der Waals surface area (Å²) < 4.78 is 27.8. The van der Waals surface area contributed by atoms with Crippen LogP contribution in [0.5, 0.6) is 0 Å². The molecule has 0 unspecified atom stereocenters. The van der Waals surface area contributed by atoms with E-state index in [0.717, 1.165) is 0 Å². The fourth-order valence-corrected chi connectivity index (χ4v) is 3.24. The Kier molecular flexibility index (Phi) is 3.58. The van der Waals surface area contributed by atoms with Crippen molar-refractivity contribution in [3.63, 3.8) is 0 Å². The fourth-order valence-electron chi connectivity index (χ4n) is 1.48. The third-order valence-electron chi connectivity index (χ3n) is 2.27. The Bertz CT molecular complexity index is 666. The Hall–Kier alpha value is -1.15. The summed E-state index contributed by atoms with van der Waals surface area (Å²) in [4.78, 5) is 3.95. The van der Waals surface area contributed by atoms with Crippen LogP contribution in [0.2, 0.25) is 5.15 Å². The molecule has 2 rings (SSSR count). The zero-order valence-electron chi connectivity index (χ0n) is 9.54. The van der Waals surface area contributed by atoms with Gasteiger partial charge in [-0.25, -0.2) is 18.1 Å². The molecule has 0 radical (unpaired) electrons. The summed E-state index contributed by atoms with van der Waals surface area (Å²) >= 11 is 5.85. The van der Waals surface area contributed by atoms with Gasteiger partial charge in [0.2, 0.25) is 0 Å². The Labute approximate surface area is 109 Å². The number of hydrogen-bond donors (Lipinski definition) is 2. The minimum Gasteiger partial charge on any atom is -0.392 e. The Morgan fingerprint density at radius 1 is 1.56 bits per heavy atom. The van der Waals surface area contributed by atoms with Gasteiger partial charge in [-0.3, -0.25) is 4.40 Å². The highest BCUT2D eigenvalue weighted by Crippen LogP contribution is 2.22. The molecule has 1 atom stereocenters. The number of hydrogen-bond acceptors (Lipinski definition) is 4. The van der Waals surface area contributed by atoms with Crippen LogP contribution in [0.1, 0.15) is 6.92 Å². The second kappa shape index (κ2) is 4.85. The predicted octanol–water partition coefficient (Wildman–Crippen LogP) is 0.647. The number of aromatic nitrogens is 2. The van der Waals surface area contributed by atoms with Crippen LogP contribution in [-0.4, -0.2) is 35.6 Å². The van der Waals surface area contributed by atoms with E-state index in [0.29, 0.717) is 5.65 Å². The van der Waals surface area contributed by atoms with Crippen molar-refractivity contribution in [3.05, 3.63) is 29.5 Å². The van der Waals surface area contributed by atoms with Crippen LogP contribution in [0.3, 0.4) is 0 Å². The van der Waals surface area contributed by atoms with Gasteiger partial charge in [-0.15, -0.1) is 0 Å². The van der Waals surface area contributed by atoms with E-state index in [1.54, 1.807) is 24.4 Å². The molecule has 0 aliphatic carbocycles. The van der Waals surface area contributed by atoms with E-state index in [2.05, 4.69) is 9.71 Å². The molecule has 8 heteroatoms. The van der Waals surface area contributed by atoms with Gasteiger partial charge in [-0.2, -0.15) is 0 Å². The van der Waals surface area contributed by atoms with Crippen molar-refractivity contribution in [2.75, 3.05) is 6.54 Å². The number of nitrogens with zero attached hydrogens (tertiary/aromatic N) is 2. The minimum absolute atomic E-state index is 0.0846. The van der Waals surface area contributed by atoms with Gasteiger partial charge in [-0.1, -0.05) is 17.7 Å². The summed E-state index contributed by atoms with van der Waals surface area (Å²) in [6.45, 7) is 1.40. The van der Waals surface area contributed by atoms with Gasteiger partial charge >= 0.3 is 0 Å². The molecule has 6 nitrogen and oxygen atoms in total. The summed E-state index contributed by atoms with van der Waals surface area (Å²) in [5, 5.41) is 8.89. The summed E-state index contributed by atoms with van der Waals surface area (Å²) in [6.07, 6.45) is 0.781. The lowest BCUT2D eigenvalue weighted by Gasteiger charge is -2.08. The SMILES string of the molecule is C[C@@H](O)CNS(=O)(=O)c1c(Cl)nc2ccccn12. The number of rotatable bonds is 4. The molecule has 2 heterocycles. The van der Waals surface area contributed by atoms with Crippen molar-refractivity contribution < 1.29 is 13.5 Å². The van der Waals surface area contributed by atoms with Crippen LogP contribution in [0.4, 0.5) is 0 Å². The van der Waals surface area contributed by atoms with Crippen LogP contribution < -0.4 is 4.72 Å². The van der Waals surface area contributed by atoms with Crippen molar-refractivity contribution in [1.82, 2.24) is 14.1 Å². The first-order chi connectivity index (χ1) is 8.42. The summed E-state index contributed by atoms with van der Waals surface area (Å²) in [7, 11) is -3.81. The molecule has 98 valence electrons. The first kappa shape index (κ1) is 13.3. The number of halogens is 1. The quantitative estimate of drug-likeness (QED) is 0.865. The van der Waals surface area contributed by atoms with Crippen molar-refractivity contribution in [1.29, 1.82) is 0 Å². The van der Waals surface area contributed by atoms with Gasteiger partial charge < -0.3 is 5.11 Å². The zero-order valence-corrected chi connectivity index (χ0v) is 11.1. The minimum atomic E-state index is -3.81. The Balaban J connectivity index is 2.50. The monoisotopic (exact) mass is 289 g/mol. The standard InChI is InChI=1S/C10H12ClN3O3S/c1-7(15)6-12-18(16,17)10-9(11)13-8-4-2-3-5-14(8)10/h2-5,7,12,15H,6H2,1H3/t7-/m1/s1. The van der Waals surface area contributed by atoms with E-state index >= 15 is 0 Å². The highest BCUT2D eigenvalue weighted by Gasteiger charge is 2.24. The Morgan fingerprint density at radius 3 is 2.94 bits per heavy atom. The van der Waals surface area contributed by atoms with E-state index in [4.69, 9.17) is 16.7 Å². The van der Waals surface area contributed by atoms with E-state index in [1.165, 1.54) is 11.3 Å². The number of fused-ring (bicyclic) bond motifs is 1. The van der Waals surface area contributed by atoms with Gasteiger partial charge in [0, 0.05) is 12.7 Å². The molecule has 0 fully saturated rings. The highest BCUT2D eigenvalue weighted by atomic mass is 35.5. The second-order valence-electron chi connectivity index (χ2n) is 3.84. The largest absolute Gasteiger partial charge is 0.392 e. The lowest BCUT2D eigenvalue weighted by molar-refractivity contribution is 0.198. The van der Waals surface area contributed by atoms with Crippen LogP contribution >= 0.6 is 11.6 Å². The average Bonchev–Trinajstić information content (AvgIpc) is 2.63. The average molecular weight is 290 g/mol. The lowest BCUT2D eigenvalue weighted by atomic mass is 10.4. The normalized spacial score (nSPS) is 13.9. The number of imidazole rings is 1. The topological polar surface area (TPSA) is 83.7 Å². The molecular formula is C10H12ClN3O3S. The second-order valence-corrected chi connectivity index (χ2v) is 5.88. The number of nitrogens with one attached hydrogen (secondary N) is 1. The number of pyridine rings is 1. The fraction of sp³-hybridized carbons (Fsp3) is 0.300. The summed E-state index contributed by atoms with van der Waals surface area (Å²) in [6, 6.07) is 5.07. The summed E-state index contributed by atoms with van der Waals surface area (Å²) in [5.74, 6) is 0. The molecule has 2 N–H and O–H groups in total. The summed E-state index contributed by atoms with van der Waals surface area (Å²) in [5.41, 5.74) is 0.444. The first-order valence-electron chi connectivity index (χ1n) is 5.22. The molecule has 0 bridgehead atoms. The predicted molar refractivity (Wildman–Crippen MR) is 67.1 cm³/mol. The number of aliphatic hydroxyl groups is 1. The molecule has 0 saturated heterocycles. The van der Waals surface area contributed by atoms with Crippen LogP contribution in [0, 0.1) is 0 Å². The molecule has 18 heavy (non-hydrogen) atoms. The number of aliphatic hydroxyl groups excluding tert-OH is 1. The molecule has 0 aliphatic heterocycles. The van der Waals surface area contributed by atoms with Gasteiger partial charge in [0.05, 0.1) is 6.10 Å². The molecular weight excluding hydrogens is 278 g/mol. The van der Waals surface area contributed by atoms with Gasteiger partial charge in [0.25, 0.3) is 10.0 Å². The lowest BCUT2D eigenvalue weighted by Crippen LogP contribution is -2.31. The smallest absolute Gasteiger partial charge is 0.259 e. The van der Waals surface area contributed by atoms with Crippen LogP contribution in [0.25, 0.3) is 5.65 Å². The Morgan fingerprint density at radius 2 is 2.28 bits per heavy atom. The maximum atomic E-state index is 12.1. The third-order valence-corrected chi connectivity index (χ3v) is 4.09. The first-order valence-corrected chi connectivity index (χ1v) is 7.08. The van der Waals surface area contributed by atoms with E-state index < -0.39 is 16.1 Å². The van der Waals surface area contributed by atoms with Gasteiger partial charge in [-0.05, 0) is 19.1 Å². The maximum absolute atomic E-state index is 12.1. The molecule has 0 amide bonds. The van der Waals surface area contributed by atoms with Crippen molar-refractivity contribution in [2.45, 2.75) is 18.1 Å². The molecule has 0 aliphatic rings. The van der Waals surface area contributed by atoms with Crippen molar-refractivity contribution >= 4 is 27.3 Å². The molecule has 0 saturated carbocycles. The van der Waals surface area contributed by atoms with E-state index in [9.17, 15) is 8.42 Å². The number of sulfonamides is 1. The third kappa shape index (κ3) is 2.49. The molecule has 2 aromatic rings. The maximum Gasteiger partial charge on any atom is 0.259 e. The van der Waals surface area contributed by atoms with Crippen molar-refractivity contribution in [2.24, 2.45) is 0 Å². The van der Waals surface area contributed by atoms with Crippen LogP contribution in [0.15, 0.2) is 29.4 Å².